The van der Waals surface area contributed by atoms with E-state index < -0.39 is 16.0 Å². The van der Waals surface area contributed by atoms with Crippen LogP contribution < -0.4 is 9.46 Å². The summed E-state index contributed by atoms with van der Waals surface area (Å²) in [6, 6.07) is 11.8. The van der Waals surface area contributed by atoms with E-state index in [4.69, 9.17) is 18.7 Å². The van der Waals surface area contributed by atoms with Crippen molar-refractivity contribution in [1.82, 2.24) is 14.9 Å². The maximum atomic E-state index is 12.6. The zero-order valence-electron chi connectivity index (χ0n) is 19.4. The Morgan fingerprint density at radius 3 is 2.50 bits per heavy atom. The Balaban J connectivity index is 1.69. The van der Waals surface area contributed by atoms with Gasteiger partial charge in [0.05, 0.1) is 19.3 Å². The molecule has 0 aliphatic heterocycles. The molecule has 3 aromatic rings. The predicted octanol–water partition coefficient (Wildman–Crippen LogP) is 3.15. The van der Waals surface area contributed by atoms with Gasteiger partial charge in [-0.1, -0.05) is 43.3 Å². The molecule has 0 saturated carbocycles. The second kappa shape index (κ2) is 11.2. The topological polar surface area (TPSA) is 130 Å². The number of carbonyl (C=O) groups is 1. The highest BCUT2D eigenvalue weighted by atomic mass is 32.2. The molecule has 0 amide bonds. The monoisotopic (exact) mass is 489 g/mol. The molecule has 1 heterocycles. The summed E-state index contributed by atoms with van der Waals surface area (Å²) in [5.41, 5.74) is 1.99. The van der Waals surface area contributed by atoms with Crippen LogP contribution in [-0.2, 0) is 26.1 Å². The molecule has 1 aromatic heterocycles. The smallest absolute Gasteiger partial charge is 0.338 e. The van der Waals surface area contributed by atoms with Gasteiger partial charge in [-0.25, -0.2) is 17.9 Å². The standard InChI is InChI=1S/C23H27N3O7S/c1-15(2)16-5-7-17(8-6-16)22-25-21(33-26-22)14-32-23(27)18-9-10-19(31-4)20(13-18)34(28,29)24-11-12-30-3/h5-10,13,15,24H,11-12,14H2,1-4H3. The van der Waals surface area contributed by atoms with Crippen LogP contribution in [0, 0.1) is 0 Å². The van der Waals surface area contributed by atoms with Gasteiger partial charge in [0.15, 0.2) is 6.61 Å². The number of hydrogen-bond acceptors (Lipinski definition) is 9. The highest BCUT2D eigenvalue weighted by Gasteiger charge is 2.22. The van der Waals surface area contributed by atoms with Crippen LogP contribution in [0.5, 0.6) is 5.75 Å². The molecule has 11 heteroatoms. The van der Waals surface area contributed by atoms with E-state index in [0.717, 1.165) is 5.56 Å². The van der Waals surface area contributed by atoms with Gasteiger partial charge in [-0.2, -0.15) is 4.98 Å². The molecule has 34 heavy (non-hydrogen) atoms. The molecule has 0 fully saturated rings. The molecule has 0 radical (unpaired) electrons. The van der Waals surface area contributed by atoms with Crippen LogP contribution in [0.2, 0.25) is 0 Å². The van der Waals surface area contributed by atoms with Crippen LogP contribution in [0.4, 0.5) is 0 Å². The van der Waals surface area contributed by atoms with Crippen molar-refractivity contribution in [3.8, 4) is 17.1 Å². The molecule has 0 bridgehead atoms. The fraction of sp³-hybridized carbons (Fsp3) is 0.348. The number of benzene rings is 2. The predicted molar refractivity (Wildman–Crippen MR) is 123 cm³/mol. The number of nitrogens with one attached hydrogen (secondary N) is 1. The van der Waals surface area contributed by atoms with Crippen molar-refractivity contribution in [2.24, 2.45) is 0 Å². The number of aromatic nitrogens is 2. The first-order chi connectivity index (χ1) is 16.2. The number of hydrogen-bond donors (Lipinski definition) is 1. The number of rotatable bonds is 11. The maximum absolute atomic E-state index is 12.6. The minimum atomic E-state index is -3.94. The average molecular weight is 490 g/mol. The lowest BCUT2D eigenvalue weighted by Crippen LogP contribution is -2.27. The van der Waals surface area contributed by atoms with Gasteiger partial charge in [0.1, 0.15) is 10.6 Å². The van der Waals surface area contributed by atoms with E-state index >= 15 is 0 Å². The normalized spacial score (nSPS) is 11.6. The van der Waals surface area contributed by atoms with Crippen molar-refractivity contribution in [2.45, 2.75) is 31.3 Å². The zero-order valence-corrected chi connectivity index (χ0v) is 20.2. The van der Waals surface area contributed by atoms with Gasteiger partial charge < -0.3 is 18.7 Å². The van der Waals surface area contributed by atoms with Crippen molar-refractivity contribution < 1.29 is 31.9 Å². The molecular formula is C23H27N3O7S. The maximum Gasteiger partial charge on any atom is 0.338 e. The van der Waals surface area contributed by atoms with E-state index in [1.54, 1.807) is 0 Å². The summed E-state index contributed by atoms with van der Waals surface area (Å²) in [6.07, 6.45) is 0. The molecule has 2 aromatic carbocycles. The SMILES string of the molecule is COCCNS(=O)(=O)c1cc(C(=O)OCc2nc(-c3ccc(C(C)C)cc3)no2)ccc1OC. The summed E-state index contributed by atoms with van der Waals surface area (Å²) in [4.78, 5) is 16.6. The molecule has 182 valence electrons. The largest absolute Gasteiger partial charge is 0.495 e. The van der Waals surface area contributed by atoms with Crippen LogP contribution in [0.1, 0.15) is 41.6 Å². The molecular weight excluding hydrogens is 462 g/mol. The molecule has 0 saturated heterocycles. The zero-order chi connectivity index (χ0) is 24.7. The number of methoxy groups -OCH3 is 2. The summed E-state index contributed by atoms with van der Waals surface area (Å²) in [7, 11) is -1.14. The molecule has 1 N–H and O–H groups in total. The second-order valence-electron chi connectivity index (χ2n) is 7.62. The molecule has 10 nitrogen and oxygen atoms in total. The van der Waals surface area contributed by atoms with Gasteiger partial charge in [0.2, 0.25) is 15.8 Å². The van der Waals surface area contributed by atoms with Crippen LogP contribution >= 0.6 is 0 Å². The van der Waals surface area contributed by atoms with Crippen molar-refractivity contribution in [3.63, 3.8) is 0 Å². The quantitative estimate of drug-likeness (QED) is 0.319. The van der Waals surface area contributed by atoms with E-state index in [9.17, 15) is 13.2 Å². The van der Waals surface area contributed by atoms with Crippen molar-refractivity contribution in [1.29, 1.82) is 0 Å². The fourth-order valence-corrected chi connectivity index (χ4v) is 4.23. The number of nitrogens with zero attached hydrogens (tertiary/aromatic N) is 2. The van der Waals surface area contributed by atoms with Gasteiger partial charge in [0.25, 0.3) is 5.89 Å². The number of sulfonamides is 1. The number of ether oxygens (including phenoxy) is 3. The minimum absolute atomic E-state index is 0.0249. The number of carbonyl (C=O) groups excluding carboxylic acids is 1. The molecule has 0 unspecified atom stereocenters. The third kappa shape index (κ3) is 6.19. The Labute approximate surface area is 198 Å². The molecule has 0 atom stereocenters. The first-order valence-electron chi connectivity index (χ1n) is 10.5. The highest BCUT2D eigenvalue weighted by molar-refractivity contribution is 7.89. The summed E-state index contributed by atoms with van der Waals surface area (Å²) < 4.78 is 48.0. The Morgan fingerprint density at radius 1 is 1.12 bits per heavy atom. The van der Waals surface area contributed by atoms with Crippen LogP contribution in [-0.4, -0.2) is 51.9 Å². The molecule has 0 aliphatic carbocycles. The van der Waals surface area contributed by atoms with E-state index in [1.807, 2.05) is 24.3 Å². The van der Waals surface area contributed by atoms with Crippen molar-refractivity contribution >= 4 is 16.0 Å². The summed E-state index contributed by atoms with van der Waals surface area (Å²) in [5.74, 6) is 0.229. The summed E-state index contributed by atoms with van der Waals surface area (Å²) in [6.45, 7) is 4.20. The van der Waals surface area contributed by atoms with Crippen LogP contribution in [0.15, 0.2) is 51.9 Å². The van der Waals surface area contributed by atoms with Gasteiger partial charge in [0, 0.05) is 19.2 Å². The third-order valence-corrected chi connectivity index (χ3v) is 6.40. The van der Waals surface area contributed by atoms with Gasteiger partial charge in [-0.3, -0.25) is 0 Å². The first kappa shape index (κ1) is 25.3. The molecule has 3 rings (SSSR count). The Kier molecular flexibility index (Phi) is 8.37. The first-order valence-corrected chi connectivity index (χ1v) is 12.0. The summed E-state index contributed by atoms with van der Waals surface area (Å²) in [5, 5.41) is 3.92. The Bertz CT molecular complexity index is 1220. The Morgan fingerprint density at radius 2 is 1.85 bits per heavy atom. The van der Waals surface area contributed by atoms with E-state index in [2.05, 4.69) is 28.7 Å². The van der Waals surface area contributed by atoms with Crippen LogP contribution in [0.3, 0.4) is 0 Å². The van der Waals surface area contributed by atoms with E-state index in [-0.39, 0.29) is 41.9 Å². The lowest BCUT2D eigenvalue weighted by atomic mass is 10.0. The highest BCUT2D eigenvalue weighted by Crippen LogP contribution is 2.25. The van der Waals surface area contributed by atoms with Crippen molar-refractivity contribution in [3.05, 3.63) is 59.5 Å². The van der Waals surface area contributed by atoms with Gasteiger partial charge in [-0.05, 0) is 29.7 Å². The fourth-order valence-electron chi connectivity index (χ4n) is 3.03. The third-order valence-electron chi connectivity index (χ3n) is 4.92. The van der Waals surface area contributed by atoms with E-state index in [0.29, 0.717) is 11.7 Å². The van der Waals surface area contributed by atoms with Crippen molar-refractivity contribution in [2.75, 3.05) is 27.4 Å². The minimum Gasteiger partial charge on any atom is -0.495 e. The lowest BCUT2D eigenvalue weighted by Gasteiger charge is -2.12. The molecule has 0 spiro atoms. The van der Waals surface area contributed by atoms with Crippen LogP contribution in [0.25, 0.3) is 11.4 Å². The van der Waals surface area contributed by atoms with Gasteiger partial charge >= 0.3 is 5.97 Å². The van der Waals surface area contributed by atoms with Gasteiger partial charge in [-0.15, -0.1) is 0 Å². The number of esters is 1. The summed E-state index contributed by atoms with van der Waals surface area (Å²) >= 11 is 0. The Hall–Kier alpha value is -3.28. The average Bonchev–Trinajstić information content (AvgIpc) is 3.31. The second-order valence-corrected chi connectivity index (χ2v) is 9.36. The molecule has 0 aliphatic rings. The van der Waals surface area contributed by atoms with E-state index in [1.165, 1.54) is 38.0 Å². The lowest BCUT2D eigenvalue weighted by molar-refractivity contribution is 0.0429.